The van der Waals surface area contributed by atoms with Gasteiger partial charge in [-0.3, -0.25) is 4.90 Å². The highest BCUT2D eigenvalue weighted by Gasteiger charge is 2.23. The molecule has 0 bridgehead atoms. The van der Waals surface area contributed by atoms with Crippen LogP contribution in [0.2, 0.25) is 0 Å². The average molecular weight is 331 g/mol. The van der Waals surface area contributed by atoms with Crippen LogP contribution in [0.4, 0.5) is 0 Å². The van der Waals surface area contributed by atoms with E-state index in [4.69, 9.17) is 0 Å². The summed E-state index contributed by atoms with van der Waals surface area (Å²) in [5, 5.41) is 3.44. The first kappa shape index (κ1) is 14.5. The molecule has 0 aliphatic carbocycles. The van der Waals surface area contributed by atoms with Gasteiger partial charge in [0.2, 0.25) is 0 Å². The van der Waals surface area contributed by atoms with Crippen LogP contribution in [-0.2, 0) is 0 Å². The molecule has 0 aromatic carbocycles. The van der Waals surface area contributed by atoms with Crippen LogP contribution in [0, 0.1) is 5.92 Å². The van der Waals surface area contributed by atoms with Crippen LogP contribution in [0.5, 0.6) is 0 Å². The summed E-state index contributed by atoms with van der Waals surface area (Å²) in [6, 6.07) is 5.10. The minimum Gasteiger partial charge on any atom is -0.314 e. The van der Waals surface area contributed by atoms with Crippen molar-refractivity contribution >= 4 is 27.3 Å². The number of nitrogens with one attached hydrogen (secondary N) is 1. The minimum absolute atomic E-state index is 0.616. The molecule has 102 valence electrons. The van der Waals surface area contributed by atoms with Gasteiger partial charge in [0.1, 0.15) is 0 Å². The van der Waals surface area contributed by atoms with Gasteiger partial charge in [0.05, 0.1) is 3.79 Å². The van der Waals surface area contributed by atoms with Crippen molar-refractivity contribution < 1.29 is 0 Å². The molecule has 1 aromatic heterocycles. The molecule has 4 heteroatoms. The largest absolute Gasteiger partial charge is 0.314 e. The number of rotatable bonds is 5. The summed E-state index contributed by atoms with van der Waals surface area (Å²) in [6.45, 7) is 9.25. The first-order chi connectivity index (χ1) is 8.66. The lowest BCUT2D eigenvalue weighted by Gasteiger charge is -2.34. The van der Waals surface area contributed by atoms with Gasteiger partial charge in [-0.25, -0.2) is 0 Å². The maximum Gasteiger partial charge on any atom is 0.0701 e. The van der Waals surface area contributed by atoms with E-state index in [0.717, 1.165) is 19.0 Å². The topological polar surface area (TPSA) is 15.3 Å². The summed E-state index contributed by atoms with van der Waals surface area (Å²) in [7, 11) is 0. The summed E-state index contributed by atoms with van der Waals surface area (Å²) >= 11 is 5.49. The quantitative estimate of drug-likeness (QED) is 0.880. The van der Waals surface area contributed by atoms with Crippen molar-refractivity contribution in [3.05, 3.63) is 20.8 Å². The predicted molar refractivity (Wildman–Crippen MR) is 83.3 cm³/mol. The van der Waals surface area contributed by atoms with E-state index in [1.54, 1.807) is 0 Å². The standard InChI is InChI=1S/C14H23BrN2S/c1-11(2)3-4-12(13-5-6-14(15)18-13)17-9-7-16-8-10-17/h5-6,11-12,16H,3-4,7-10H2,1-2H3/t12-/m0/s1. The smallest absolute Gasteiger partial charge is 0.0701 e. The molecule has 2 heterocycles. The number of thiophene rings is 1. The van der Waals surface area contributed by atoms with Gasteiger partial charge in [-0.1, -0.05) is 13.8 Å². The fourth-order valence-electron chi connectivity index (χ4n) is 2.50. The number of nitrogens with zero attached hydrogens (tertiary/aromatic N) is 1. The lowest BCUT2D eigenvalue weighted by atomic mass is 10.0. The molecule has 18 heavy (non-hydrogen) atoms. The van der Waals surface area contributed by atoms with Crippen LogP contribution >= 0.6 is 27.3 Å². The monoisotopic (exact) mass is 330 g/mol. The zero-order valence-electron chi connectivity index (χ0n) is 11.3. The van der Waals surface area contributed by atoms with E-state index >= 15 is 0 Å². The number of hydrogen-bond acceptors (Lipinski definition) is 3. The summed E-state index contributed by atoms with van der Waals surface area (Å²) in [5.74, 6) is 0.791. The van der Waals surface area contributed by atoms with Crippen LogP contribution in [-0.4, -0.2) is 31.1 Å². The second-order valence-electron chi connectivity index (χ2n) is 5.41. The van der Waals surface area contributed by atoms with E-state index in [0.29, 0.717) is 6.04 Å². The molecule has 1 saturated heterocycles. The van der Waals surface area contributed by atoms with Crippen molar-refractivity contribution in [3.63, 3.8) is 0 Å². The lowest BCUT2D eigenvalue weighted by molar-refractivity contribution is 0.162. The van der Waals surface area contributed by atoms with E-state index in [-0.39, 0.29) is 0 Å². The fraction of sp³-hybridized carbons (Fsp3) is 0.714. The molecule has 2 rings (SSSR count). The van der Waals surface area contributed by atoms with E-state index in [1.165, 1.54) is 34.6 Å². The van der Waals surface area contributed by atoms with E-state index in [9.17, 15) is 0 Å². The molecule has 0 radical (unpaired) electrons. The molecule has 1 fully saturated rings. The van der Waals surface area contributed by atoms with Crippen molar-refractivity contribution in [2.24, 2.45) is 5.92 Å². The van der Waals surface area contributed by atoms with Gasteiger partial charge in [0.25, 0.3) is 0 Å². The molecule has 0 saturated carbocycles. The second kappa shape index (κ2) is 7.04. The van der Waals surface area contributed by atoms with Crippen molar-refractivity contribution in [2.75, 3.05) is 26.2 Å². The van der Waals surface area contributed by atoms with E-state index in [1.807, 2.05) is 11.3 Å². The molecular weight excluding hydrogens is 308 g/mol. The van der Waals surface area contributed by atoms with Crippen LogP contribution in [0.25, 0.3) is 0 Å². The van der Waals surface area contributed by atoms with Crippen LogP contribution < -0.4 is 5.32 Å². The highest BCUT2D eigenvalue weighted by atomic mass is 79.9. The summed E-state index contributed by atoms with van der Waals surface area (Å²) in [5.41, 5.74) is 0. The second-order valence-corrected chi connectivity index (χ2v) is 7.91. The molecule has 1 aliphatic rings. The summed E-state index contributed by atoms with van der Waals surface area (Å²) < 4.78 is 1.25. The third-order valence-corrected chi connectivity index (χ3v) is 5.26. The van der Waals surface area contributed by atoms with Gasteiger partial charge in [-0.2, -0.15) is 0 Å². The van der Waals surface area contributed by atoms with Crippen LogP contribution in [0.3, 0.4) is 0 Å². The Hall–Kier alpha value is 0.1000. The molecule has 2 nitrogen and oxygen atoms in total. The Bertz CT molecular complexity index is 358. The maximum atomic E-state index is 3.59. The summed E-state index contributed by atoms with van der Waals surface area (Å²) in [4.78, 5) is 4.17. The first-order valence-corrected chi connectivity index (χ1v) is 8.48. The Balaban J connectivity index is 2.06. The lowest BCUT2D eigenvalue weighted by Crippen LogP contribution is -2.45. The van der Waals surface area contributed by atoms with Crippen molar-refractivity contribution in [1.29, 1.82) is 0 Å². The number of hydrogen-bond donors (Lipinski definition) is 1. The SMILES string of the molecule is CC(C)CC[C@@H](c1ccc(Br)s1)N1CCNCC1. The Morgan fingerprint density at radius 2 is 2.00 bits per heavy atom. The Kier molecular flexibility index (Phi) is 5.67. The van der Waals surface area contributed by atoms with Crippen LogP contribution in [0.15, 0.2) is 15.9 Å². The molecular formula is C14H23BrN2S. The van der Waals surface area contributed by atoms with Crippen molar-refractivity contribution in [3.8, 4) is 0 Å². The highest BCUT2D eigenvalue weighted by Crippen LogP contribution is 2.34. The Morgan fingerprint density at radius 3 is 2.56 bits per heavy atom. The fourth-order valence-corrected chi connectivity index (χ4v) is 4.09. The van der Waals surface area contributed by atoms with E-state index in [2.05, 4.69) is 52.1 Å². The molecule has 1 atom stereocenters. The Labute approximate surface area is 123 Å². The highest BCUT2D eigenvalue weighted by molar-refractivity contribution is 9.11. The molecule has 1 N–H and O–H groups in total. The van der Waals surface area contributed by atoms with Crippen molar-refractivity contribution in [1.82, 2.24) is 10.2 Å². The molecule has 0 unspecified atom stereocenters. The predicted octanol–water partition coefficient (Wildman–Crippen LogP) is 3.89. The normalized spacial score (nSPS) is 19.3. The van der Waals surface area contributed by atoms with Gasteiger partial charge in [-0.05, 0) is 46.8 Å². The Morgan fingerprint density at radius 1 is 1.28 bits per heavy atom. The number of halogens is 1. The zero-order valence-corrected chi connectivity index (χ0v) is 13.7. The van der Waals surface area contributed by atoms with Gasteiger partial charge in [-0.15, -0.1) is 11.3 Å². The minimum atomic E-state index is 0.616. The van der Waals surface area contributed by atoms with E-state index < -0.39 is 0 Å². The molecule has 0 amide bonds. The molecule has 0 spiro atoms. The van der Waals surface area contributed by atoms with Crippen molar-refractivity contribution in [2.45, 2.75) is 32.7 Å². The third kappa shape index (κ3) is 4.05. The van der Waals surface area contributed by atoms with Gasteiger partial charge in [0, 0.05) is 37.1 Å². The average Bonchev–Trinajstić information content (AvgIpc) is 2.77. The molecule has 1 aliphatic heterocycles. The maximum absolute atomic E-state index is 3.59. The van der Waals surface area contributed by atoms with Gasteiger partial charge < -0.3 is 5.32 Å². The van der Waals surface area contributed by atoms with Gasteiger partial charge >= 0.3 is 0 Å². The zero-order chi connectivity index (χ0) is 13.0. The first-order valence-electron chi connectivity index (χ1n) is 6.87. The number of piperazine rings is 1. The van der Waals surface area contributed by atoms with Gasteiger partial charge in [0.15, 0.2) is 0 Å². The third-order valence-electron chi connectivity index (χ3n) is 3.53. The van der Waals surface area contributed by atoms with Crippen LogP contribution in [0.1, 0.15) is 37.6 Å². The molecule has 1 aromatic rings. The summed E-state index contributed by atoms with van der Waals surface area (Å²) in [6.07, 6.45) is 2.59.